The number of hydrogen-bond donors (Lipinski definition) is 1. The number of anilines is 1. The lowest BCUT2D eigenvalue weighted by atomic mass is 10.2. The summed E-state index contributed by atoms with van der Waals surface area (Å²) in [5.74, 6) is 0.924. The molecule has 1 N–H and O–H groups in total. The molecule has 0 fully saturated rings. The number of hydrogen-bond acceptors (Lipinski definition) is 4. The Hall–Kier alpha value is -1.07. The zero-order chi connectivity index (χ0) is 12.7. The third-order valence-corrected chi connectivity index (χ3v) is 2.73. The van der Waals surface area contributed by atoms with Gasteiger partial charge in [-0.1, -0.05) is 0 Å². The molecule has 1 heterocycles. The smallest absolute Gasteiger partial charge is 0.203 e. The van der Waals surface area contributed by atoms with Crippen LogP contribution in [0.25, 0.3) is 0 Å². The molecule has 0 aliphatic heterocycles. The SMILES string of the molecule is COCCNc1nccn1C(C)CCN(C)C. The first-order chi connectivity index (χ1) is 8.15. The monoisotopic (exact) mass is 240 g/mol. The second-order valence-electron chi connectivity index (χ2n) is 4.52. The molecule has 5 nitrogen and oxygen atoms in total. The lowest BCUT2D eigenvalue weighted by molar-refractivity contribution is 0.210. The normalized spacial score (nSPS) is 13.0. The summed E-state index contributed by atoms with van der Waals surface area (Å²) in [4.78, 5) is 6.52. The van der Waals surface area contributed by atoms with Crippen LogP contribution < -0.4 is 5.32 Å². The van der Waals surface area contributed by atoms with E-state index in [2.05, 4.69) is 40.8 Å². The maximum absolute atomic E-state index is 5.01. The highest BCUT2D eigenvalue weighted by Crippen LogP contribution is 2.16. The average Bonchev–Trinajstić information content (AvgIpc) is 2.74. The molecule has 5 heteroatoms. The van der Waals surface area contributed by atoms with E-state index in [9.17, 15) is 0 Å². The van der Waals surface area contributed by atoms with Crippen LogP contribution in [0.15, 0.2) is 12.4 Å². The Morgan fingerprint density at radius 3 is 2.94 bits per heavy atom. The third kappa shape index (κ3) is 4.75. The molecule has 0 amide bonds. The van der Waals surface area contributed by atoms with Gasteiger partial charge in [0.1, 0.15) is 0 Å². The van der Waals surface area contributed by atoms with Crippen LogP contribution in [-0.2, 0) is 4.74 Å². The number of aromatic nitrogens is 2. The number of ether oxygens (including phenoxy) is 1. The van der Waals surface area contributed by atoms with Gasteiger partial charge in [0.05, 0.1) is 6.61 Å². The van der Waals surface area contributed by atoms with Crippen molar-refractivity contribution in [3.63, 3.8) is 0 Å². The zero-order valence-electron chi connectivity index (χ0n) is 11.3. The minimum absolute atomic E-state index is 0.449. The highest BCUT2D eigenvalue weighted by atomic mass is 16.5. The van der Waals surface area contributed by atoms with E-state index in [-0.39, 0.29) is 0 Å². The number of rotatable bonds is 8. The molecule has 0 aromatic carbocycles. The maximum Gasteiger partial charge on any atom is 0.203 e. The first-order valence-corrected chi connectivity index (χ1v) is 6.05. The summed E-state index contributed by atoms with van der Waals surface area (Å²) < 4.78 is 7.19. The Kier molecular flexibility index (Phi) is 6.00. The average molecular weight is 240 g/mol. The van der Waals surface area contributed by atoms with Gasteiger partial charge in [0.25, 0.3) is 0 Å². The molecule has 0 aliphatic rings. The van der Waals surface area contributed by atoms with Crippen molar-refractivity contribution in [3.8, 4) is 0 Å². The van der Waals surface area contributed by atoms with E-state index >= 15 is 0 Å². The summed E-state index contributed by atoms with van der Waals surface area (Å²) >= 11 is 0. The van der Waals surface area contributed by atoms with E-state index in [1.165, 1.54) is 0 Å². The molecular formula is C12H24N4O. The number of imidazole rings is 1. The van der Waals surface area contributed by atoms with Gasteiger partial charge >= 0.3 is 0 Å². The van der Waals surface area contributed by atoms with E-state index in [1.807, 2.05) is 12.4 Å². The summed E-state index contributed by atoms with van der Waals surface area (Å²) in [5.41, 5.74) is 0. The lowest BCUT2D eigenvalue weighted by Gasteiger charge is -2.19. The summed E-state index contributed by atoms with van der Waals surface area (Å²) in [7, 11) is 5.89. The molecule has 0 saturated heterocycles. The first kappa shape index (κ1) is 14.0. The summed E-state index contributed by atoms with van der Waals surface area (Å²) in [6, 6.07) is 0.449. The summed E-state index contributed by atoms with van der Waals surface area (Å²) in [6.45, 7) is 4.77. The molecule has 0 spiro atoms. The molecule has 0 radical (unpaired) electrons. The molecule has 1 aromatic rings. The van der Waals surface area contributed by atoms with Crippen molar-refractivity contribution in [3.05, 3.63) is 12.4 Å². The van der Waals surface area contributed by atoms with Crippen LogP contribution in [0, 0.1) is 0 Å². The van der Waals surface area contributed by atoms with Crippen LogP contribution >= 0.6 is 0 Å². The quantitative estimate of drug-likeness (QED) is 0.698. The molecule has 0 saturated carbocycles. The van der Waals surface area contributed by atoms with Gasteiger partial charge in [-0.05, 0) is 34.0 Å². The molecule has 1 aromatic heterocycles. The van der Waals surface area contributed by atoms with Crippen molar-refractivity contribution in [2.45, 2.75) is 19.4 Å². The fourth-order valence-corrected chi connectivity index (χ4v) is 1.65. The molecule has 17 heavy (non-hydrogen) atoms. The summed E-state index contributed by atoms with van der Waals surface area (Å²) in [6.07, 6.45) is 4.97. The van der Waals surface area contributed by atoms with Gasteiger partial charge in [-0.2, -0.15) is 0 Å². The fraction of sp³-hybridized carbons (Fsp3) is 0.750. The largest absolute Gasteiger partial charge is 0.383 e. The van der Waals surface area contributed by atoms with Crippen molar-refractivity contribution in [1.82, 2.24) is 14.5 Å². The molecule has 98 valence electrons. The molecule has 0 bridgehead atoms. The van der Waals surface area contributed by atoms with Gasteiger partial charge in [0.15, 0.2) is 0 Å². The van der Waals surface area contributed by atoms with Crippen LogP contribution in [0.3, 0.4) is 0 Å². The number of methoxy groups -OCH3 is 1. The number of nitrogens with zero attached hydrogens (tertiary/aromatic N) is 3. The second kappa shape index (κ2) is 7.29. The Balaban J connectivity index is 2.48. The maximum atomic E-state index is 5.01. The molecular weight excluding hydrogens is 216 g/mol. The van der Waals surface area contributed by atoms with E-state index in [0.29, 0.717) is 12.6 Å². The van der Waals surface area contributed by atoms with E-state index in [4.69, 9.17) is 4.74 Å². The van der Waals surface area contributed by atoms with E-state index in [1.54, 1.807) is 7.11 Å². The predicted molar refractivity (Wildman–Crippen MR) is 70.5 cm³/mol. The van der Waals surface area contributed by atoms with Gasteiger partial charge in [-0.25, -0.2) is 4.98 Å². The standard InChI is InChI=1S/C12H24N4O/c1-11(5-8-15(2)3)16-9-6-13-12(16)14-7-10-17-4/h6,9,11H,5,7-8,10H2,1-4H3,(H,13,14). The highest BCUT2D eigenvalue weighted by molar-refractivity contribution is 5.26. The van der Waals surface area contributed by atoms with Crippen molar-refractivity contribution in [2.24, 2.45) is 0 Å². The minimum atomic E-state index is 0.449. The Morgan fingerprint density at radius 1 is 1.53 bits per heavy atom. The third-order valence-electron chi connectivity index (χ3n) is 2.73. The Morgan fingerprint density at radius 2 is 2.29 bits per heavy atom. The lowest BCUT2D eigenvalue weighted by Crippen LogP contribution is -2.19. The van der Waals surface area contributed by atoms with E-state index in [0.717, 1.165) is 25.5 Å². The molecule has 1 rings (SSSR count). The first-order valence-electron chi connectivity index (χ1n) is 6.05. The van der Waals surface area contributed by atoms with Gasteiger partial charge in [0.2, 0.25) is 5.95 Å². The van der Waals surface area contributed by atoms with Gasteiger partial charge in [0, 0.05) is 32.1 Å². The predicted octanol–water partition coefficient (Wildman–Crippen LogP) is 1.45. The zero-order valence-corrected chi connectivity index (χ0v) is 11.3. The fourth-order valence-electron chi connectivity index (χ4n) is 1.65. The van der Waals surface area contributed by atoms with Crippen LogP contribution in [-0.4, -0.2) is 55.4 Å². The van der Waals surface area contributed by atoms with Gasteiger partial charge in [-0.15, -0.1) is 0 Å². The Labute approximate surface area is 104 Å². The molecule has 1 atom stereocenters. The van der Waals surface area contributed by atoms with Crippen LogP contribution in [0.2, 0.25) is 0 Å². The highest BCUT2D eigenvalue weighted by Gasteiger charge is 2.09. The van der Waals surface area contributed by atoms with Crippen molar-refractivity contribution < 1.29 is 4.74 Å². The van der Waals surface area contributed by atoms with Crippen LogP contribution in [0.4, 0.5) is 5.95 Å². The molecule has 0 aliphatic carbocycles. The van der Waals surface area contributed by atoms with Crippen molar-refractivity contribution >= 4 is 5.95 Å². The van der Waals surface area contributed by atoms with Crippen LogP contribution in [0.5, 0.6) is 0 Å². The number of nitrogens with one attached hydrogen (secondary N) is 1. The van der Waals surface area contributed by atoms with Gasteiger partial charge in [-0.3, -0.25) is 0 Å². The van der Waals surface area contributed by atoms with Crippen molar-refractivity contribution in [1.29, 1.82) is 0 Å². The summed E-state index contributed by atoms with van der Waals surface area (Å²) in [5, 5.41) is 3.28. The van der Waals surface area contributed by atoms with E-state index < -0.39 is 0 Å². The van der Waals surface area contributed by atoms with Gasteiger partial charge < -0.3 is 19.5 Å². The van der Waals surface area contributed by atoms with Crippen LogP contribution in [0.1, 0.15) is 19.4 Å². The topological polar surface area (TPSA) is 42.3 Å². The second-order valence-corrected chi connectivity index (χ2v) is 4.52. The minimum Gasteiger partial charge on any atom is -0.383 e. The molecule has 1 unspecified atom stereocenters. The van der Waals surface area contributed by atoms with Crippen molar-refractivity contribution in [2.75, 3.05) is 46.2 Å². The Bertz CT molecular complexity index is 311.